The fourth-order valence-corrected chi connectivity index (χ4v) is 2.69. The summed E-state index contributed by atoms with van der Waals surface area (Å²) in [6, 6.07) is 18.7. The number of anilines is 2. The molecule has 0 aliphatic heterocycles. The molecule has 2 rings (SSSR count). The van der Waals surface area contributed by atoms with Crippen molar-refractivity contribution in [3.8, 4) is 0 Å². The lowest BCUT2D eigenvalue weighted by Crippen LogP contribution is -2.33. The van der Waals surface area contributed by atoms with Crippen LogP contribution in [-0.2, 0) is 19.1 Å². The van der Waals surface area contributed by atoms with E-state index >= 15 is 0 Å². The molecule has 0 heterocycles. The number of carbonyl (C=O) groups excluding carboxylic acids is 2. The Balaban J connectivity index is 1.75. The Morgan fingerprint density at radius 1 is 0.828 bits per heavy atom. The Kier molecular flexibility index (Phi) is 10.5. The van der Waals surface area contributed by atoms with Crippen LogP contribution >= 0.6 is 0 Å². The second kappa shape index (κ2) is 13.5. The summed E-state index contributed by atoms with van der Waals surface area (Å²) in [6.45, 7) is 3.70. The number of ether oxygens (including phenoxy) is 2. The SMILES string of the molecule is CCCCOCCCNC(=O)COCC(=O)N(c1ccccc1)c1ccccc1. The lowest BCUT2D eigenvalue weighted by atomic mass is 10.2. The molecule has 2 amide bonds. The van der Waals surface area contributed by atoms with E-state index in [1.165, 1.54) is 0 Å². The van der Waals surface area contributed by atoms with Gasteiger partial charge in [0, 0.05) is 31.1 Å². The Hall–Kier alpha value is -2.70. The fraction of sp³-hybridized carbons (Fsp3) is 0.391. The number of unbranched alkanes of at least 4 members (excludes halogenated alkanes) is 1. The van der Waals surface area contributed by atoms with Crippen molar-refractivity contribution in [1.29, 1.82) is 0 Å². The third kappa shape index (κ3) is 8.46. The summed E-state index contributed by atoms with van der Waals surface area (Å²) in [7, 11) is 0. The van der Waals surface area contributed by atoms with Gasteiger partial charge in [-0.1, -0.05) is 49.7 Å². The van der Waals surface area contributed by atoms with Gasteiger partial charge in [-0.25, -0.2) is 0 Å². The largest absolute Gasteiger partial charge is 0.381 e. The number of nitrogens with one attached hydrogen (secondary N) is 1. The zero-order chi connectivity index (χ0) is 20.7. The standard InChI is InChI=1S/C23H30N2O4/c1-2-3-16-28-17-10-15-24-22(26)18-29-19-23(27)25(20-11-6-4-7-12-20)21-13-8-5-9-14-21/h4-9,11-14H,2-3,10,15-19H2,1H3,(H,24,26). The van der Waals surface area contributed by atoms with Crippen LogP contribution in [0.5, 0.6) is 0 Å². The number of nitrogens with zero attached hydrogens (tertiary/aromatic N) is 1. The molecule has 0 unspecified atom stereocenters. The van der Waals surface area contributed by atoms with Gasteiger partial charge in [-0.3, -0.25) is 14.5 Å². The molecule has 0 radical (unpaired) electrons. The predicted molar refractivity (Wildman–Crippen MR) is 114 cm³/mol. The molecule has 6 nitrogen and oxygen atoms in total. The van der Waals surface area contributed by atoms with Crippen molar-refractivity contribution in [3.63, 3.8) is 0 Å². The van der Waals surface area contributed by atoms with E-state index in [1.807, 2.05) is 60.7 Å². The minimum Gasteiger partial charge on any atom is -0.381 e. The van der Waals surface area contributed by atoms with Gasteiger partial charge in [-0.2, -0.15) is 0 Å². The van der Waals surface area contributed by atoms with Gasteiger partial charge in [0.2, 0.25) is 5.91 Å². The molecule has 0 aromatic heterocycles. The number of carbonyl (C=O) groups is 2. The summed E-state index contributed by atoms with van der Waals surface area (Å²) in [5, 5.41) is 2.77. The maximum Gasteiger partial charge on any atom is 0.257 e. The maximum atomic E-state index is 12.8. The molecule has 0 aliphatic rings. The first-order chi connectivity index (χ1) is 14.2. The average Bonchev–Trinajstić information content (AvgIpc) is 2.75. The molecule has 1 N–H and O–H groups in total. The second-order valence-corrected chi connectivity index (χ2v) is 6.56. The van der Waals surface area contributed by atoms with E-state index in [9.17, 15) is 9.59 Å². The third-order valence-electron chi connectivity index (χ3n) is 4.17. The number of para-hydroxylation sites is 2. The Morgan fingerprint density at radius 2 is 1.41 bits per heavy atom. The maximum absolute atomic E-state index is 12.8. The molecule has 0 saturated carbocycles. The first-order valence-electron chi connectivity index (χ1n) is 10.1. The molecule has 0 spiro atoms. The lowest BCUT2D eigenvalue weighted by molar-refractivity contribution is -0.129. The molecule has 0 fully saturated rings. The molecular formula is C23H30N2O4. The summed E-state index contributed by atoms with van der Waals surface area (Å²) in [5.74, 6) is -0.475. The highest BCUT2D eigenvalue weighted by Crippen LogP contribution is 2.24. The summed E-state index contributed by atoms with van der Waals surface area (Å²) < 4.78 is 10.8. The minimum absolute atomic E-state index is 0.153. The van der Waals surface area contributed by atoms with Crippen LogP contribution in [0.15, 0.2) is 60.7 Å². The summed E-state index contributed by atoms with van der Waals surface area (Å²) in [5.41, 5.74) is 1.50. The monoisotopic (exact) mass is 398 g/mol. The third-order valence-corrected chi connectivity index (χ3v) is 4.17. The Labute approximate surface area is 172 Å². The Morgan fingerprint density at radius 3 is 2.00 bits per heavy atom. The smallest absolute Gasteiger partial charge is 0.257 e. The summed E-state index contributed by atoms with van der Waals surface area (Å²) in [6.07, 6.45) is 2.92. The van der Waals surface area contributed by atoms with Crippen molar-refractivity contribution in [3.05, 3.63) is 60.7 Å². The topological polar surface area (TPSA) is 67.9 Å². The van der Waals surface area contributed by atoms with Crippen molar-refractivity contribution in [2.75, 3.05) is 37.9 Å². The van der Waals surface area contributed by atoms with Gasteiger partial charge >= 0.3 is 0 Å². The van der Waals surface area contributed by atoms with Crippen LogP contribution in [0.3, 0.4) is 0 Å². The van der Waals surface area contributed by atoms with Gasteiger partial charge in [0.25, 0.3) is 5.91 Å². The first-order valence-corrected chi connectivity index (χ1v) is 10.1. The molecule has 2 aromatic carbocycles. The van der Waals surface area contributed by atoms with Gasteiger partial charge < -0.3 is 14.8 Å². The number of rotatable bonds is 13. The average molecular weight is 399 g/mol. The van der Waals surface area contributed by atoms with E-state index < -0.39 is 0 Å². The molecule has 6 heteroatoms. The van der Waals surface area contributed by atoms with Crippen LogP contribution in [0.25, 0.3) is 0 Å². The quantitative estimate of drug-likeness (QED) is 0.523. The predicted octanol–water partition coefficient (Wildman–Crippen LogP) is 3.69. The van der Waals surface area contributed by atoms with Crippen molar-refractivity contribution in [2.45, 2.75) is 26.2 Å². The van der Waals surface area contributed by atoms with Gasteiger partial charge in [0.05, 0.1) is 0 Å². The zero-order valence-corrected chi connectivity index (χ0v) is 17.0. The van der Waals surface area contributed by atoms with Crippen LogP contribution in [0, 0.1) is 0 Å². The van der Waals surface area contributed by atoms with Gasteiger partial charge in [-0.15, -0.1) is 0 Å². The molecule has 156 valence electrons. The summed E-state index contributed by atoms with van der Waals surface area (Å²) >= 11 is 0. The fourth-order valence-electron chi connectivity index (χ4n) is 2.69. The first kappa shape index (κ1) is 22.6. The highest BCUT2D eigenvalue weighted by molar-refractivity contribution is 6.01. The molecular weight excluding hydrogens is 368 g/mol. The van der Waals surface area contributed by atoms with Crippen LogP contribution in [-0.4, -0.2) is 44.8 Å². The van der Waals surface area contributed by atoms with E-state index in [4.69, 9.17) is 9.47 Å². The van der Waals surface area contributed by atoms with Crippen molar-refractivity contribution < 1.29 is 19.1 Å². The molecule has 0 aliphatic carbocycles. The van der Waals surface area contributed by atoms with Crippen LogP contribution in [0.4, 0.5) is 11.4 Å². The highest BCUT2D eigenvalue weighted by Gasteiger charge is 2.18. The molecule has 0 atom stereocenters. The van der Waals surface area contributed by atoms with E-state index in [0.29, 0.717) is 13.2 Å². The Bertz CT molecular complexity index is 683. The van der Waals surface area contributed by atoms with Crippen molar-refractivity contribution in [2.24, 2.45) is 0 Å². The number of amides is 2. The normalized spacial score (nSPS) is 10.5. The molecule has 29 heavy (non-hydrogen) atoms. The highest BCUT2D eigenvalue weighted by atomic mass is 16.5. The zero-order valence-electron chi connectivity index (χ0n) is 17.0. The number of hydrogen-bond acceptors (Lipinski definition) is 4. The summed E-state index contributed by atoms with van der Waals surface area (Å²) in [4.78, 5) is 26.2. The molecule has 0 saturated heterocycles. The molecule has 2 aromatic rings. The van der Waals surface area contributed by atoms with Gasteiger partial charge in [0.15, 0.2) is 0 Å². The number of hydrogen-bond donors (Lipinski definition) is 1. The van der Waals surface area contributed by atoms with Crippen molar-refractivity contribution >= 4 is 23.2 Å². The molecule has 0 bridgehead atoms. The minimum atomic E-state index is -0.239. The van der Waals surface area contributed by atoms with Crippen LogP contribution in [0.1, 0.15) is 26.2 Å². The van der Waals surface area contributed by atoms with Crippen LogP contribution < -0.4 is 10.2 Å². The van der Waals surface area contributed by atoms with Gasteiger partial charge in [-0.05, 0) is 37.1 Å². The van der Waals surface area contributed by atoms with E-state index in [0.717, 1.165) is 37.2 Å². The van der Waals surface area contributed by atoms with E-state index in [1.54, 1.807) is 4.90 Å². The second-order valence-electron chi connectivity index (χ2n) is 6.56. The van der Waals surface area contributed by atoms with E-state index in [-0.39, 0.29) is 25.0 Å². The lowest BCUT2D eigenvalue weighted by Gasteiger charge is -2.23. The van der Waals surface area contributed by atoms with Crippen molar-refractivity contribution in [1.82, 2.24) is 5.32 Å². The van der Waals surface area contributed by atoms with Gasteiger partial charge in [0.1, 0.15) is 13.2 Å². The van der Waals surface area contributed by atoms with Crippen LogP contribution in [0.2, 0.25) is 0 Å². The number of benzene rings is 2. The van der Waals surface area contributed by atoms with E-state index in [2.05, 4.69) is 12.2 Å².